The molecule has 0 spiro atoms. The Morgan fingerprint density at radius 2 is 1.67 bits per heavy atom. The predicted molar refractivity (Wildman–Crippen MR) is 128 cm³/mol. The SMILES string of the molecule is Cc1c(-c2ccc(Cl)cc2)c(CN2CCNC(C)(C)C2)n(Cc2ccccc2)c1C(F)(F)F. The van der Waals surface area contributed by atoms with Crippen LogP contribution in [0.5, 0.6) is 0 Å². The van der Waals surface area contributed by atoms with Gasteiger partial charge in [-0.25, -0.2) is 0 Å². The summed E-state index contributed by atoms with van der Waals surface area (Å²) in [6.07, 6.45) is -4.47. The van der Waals surface area contributed by atoms with Gasteiger partial charge < -0.3 is 9.88 Å². The monoisotopic (exact) mass is 475 g/mol. The lowest BCUT2D eigenvalue weighted by atomic mass is 9.99. The van der Waals surface area contributed by atoms with Gasteiger partial charge in [-0.05, 0) is 49.6 Å². The maximum Gasteiger partial charge on any atom is 0.431 e. The molecule has 0 saturated carbocycles. The number of aromatic nitrogens is 1. The Balaban J connectivity index is 1.90. The van der Waals surface area contributed by atoms with Crippen molar-refractivity contribution in [3.8, 4) is 11.1 Å². The zero-order valence-corrected chi connectivity index (χ0v) is 19.9. The highest BCUT2D eigenvalue weighted by atomic mass is 35.5. The molecule has 1 N–H and O–H groups in total. The van der Waals surface area contributed by atoms with Crippen LogP contribution in [0.4, 0.5) is 13.2 Å². The fraction of sp³-hybridized carbons (Fsp3) is 0.385. The first-order valence-electron chi connectivity index (χ1n) is 11.1. The lowest BCUT2D eigenvalue weighted by Gasteiger charge is -2.39. The molecule has 0 radical (unpaired) electrons. The van der Waals surface area contributed by atoms with Crippen LogP contribution >= 0.6 is 11.6 Å². The molecule has 7 heteroatoms. The average Bonchev–Trinajstić information content (AvgIpc) is 3.00. The quantitative estimate of drug-likeness (QED) is 0.463. The largest absolute Gasteiger partial charge is 0.431 e. The number of hydrogen-bond donors (Lipinski definition) is 1. The van der Waals surface area contributed by atoms with E-state index in [2.05, 4.69) is 24.1 Å². The maximum absolute atomic E-state index is 14.4. The van der Waals surface area contributed by atoms with E-state index >= 15 is 0 Å². The Morgan fingerprint density at radius 1 is 1.00 bits per heavy atom. The minimum absolute atomic E-state index is 0.0998. The summed E-state index contributed by atoms with van der Waals surface area (Å²) in [5.41, 5.74) is 2.49. The molecule has 0 unspecified atom stereocenters. The van der Waals surface area contributed by atoms with Crippen LogP contribution in [0.15, 0.2) is 54.6 Å². The fourth-order valence-electron chi connectivity index (χ4n) is 4.87. The number of benzene rings is 2. The summed E-state index contributed by atoms with van der Waals surface area (Å²) in [4.78, 5) is 2.24. The van der Waals surface area contributed by atoms with Gasteiger partial charge in [0.1, 0.15) is 5.69 Å². The van der Waals surface area contributed by atoms with Crippen molar-refractivity contribution in [1.82, 2.24) is 14.8 Å². The Bertz CT molecular complexity index is 1100. The number of halogens is 4. The third kappa shape index (κ3) is 5.29. The van der Waals surface area contributed by atoms with Crippen molar-refractivity contribution in [3.63, 3.8) is 0 Å². The van der Waals surface area contributed by atoms with Gasteiger partial charge in [-0.2, -0.15) is 13.2 Å². The second-order valence-electron chi connectivity index (χ2n) is 9.39. The van der Waals surface area contributed by atoms with Crippen LogP contribution < -0.4 is 5.32 Å². The summed E-state index contributed by atoms with van der Waals surface area (Å²) in [7, 11) is 0. The fourth-order valence-corrected chi connectivity index (χ4v) is 5.00. The van der Waals surface area contributed by atoms with E-state index in [1.165, 1.54) is 4.57 Å². The first-order chi connectivity index (χ1) is 15.5. The van der Waals surface area contributed by atoms with Crippen LogP contribution in [0.2, 0.25) is 5.02 Å². The van der Waals surface area contributed by atoms with Gasteiger partial charge in [0.05, 0.1) is 0 Å². The lowest BCUT2D eigenvalue weighted by molar-refractivity contribution is -0.144. The smallest absolute Gasteiger partial charge is 0.335 e. The molecule has 0 amide bonds. The van der Waals surface area contributed by atoms with Crippen molar-refractivity contribution in [2.75, 3.05) is 19.6 Å². The summed E-state index contributed by atoms with van der Waals surface area (Å²) in [6, 6.07) is 16.4. The Hall–Kier alpha value is -2.28. The van der Waals surface area contributed by atoms with E-state index in [-0.39, 0.29) is 17.6 Å². The van der Waals surface area contributed by atoms with Crippen LogP contribution in [0.1, 0.15) is 36.4 Å². The van der Waals surface area contributed by atoms with Crippen molar-refractivity contribution < 1.29 is 13.2 Å². The third-order valence-electron chi connectivity index (χ3n) is 6.22. The first kappa shape index (κ1) is 23.9. The first-order valence-corrected chi connectivity index (χ1v) is 11.5. The van der Waals surface area contributed by atoms with Gasteiger partial charge in [-0.1, -0.05) is 54.1 Å². The molecular weight excluding hydrogens is 447 g/mol. The van der Waals surface area contributed by atoms with E-state index in [9.17, 15) is 13.2 Å². The molecule has 1 aliphatic heterocycles. The predicted octanol–water partition coefficient (Wildman–Crippen LogP) is 6.37. The molecule has 1 fully saturated rings. The van der Waals surface area contributed by atoms with Crippen LogP contribution in [0, 0.1) is 6.92 Å². The summed E-state index contributed by atoms with van der Waals surface area (Å²) in [5, 5.41) is 4.04. The third-order valence-corrected chi connectivity index (χ3v) is 6.48. The van der Waals surface area contributed by atoms with Crippen molar-refractivity contribution >= 4 is 11.6 Å². The van der Waals surface area contributed by atoms with E-state index in [4.69, 9.17) is 11.6 Å². The van der Waals surface area contributed by atoms with Crippen LogP contribution in [0.3, 0.4) is 0 Å². The number of hydrogen-bond acceptors (Lipinski definition) is 2. The highest BCUT2D eigenvalue weighted by Crippen LogP contribution is 2.42. The van der Waals surface area contributed by atoms with Gasteiger partial charge in [-0.15, -0.1) is 0 Å². The molecule has 176 valence electrons. The number of piperazine rings is 1. The van der Waals surface area contributed by atoms with Gasteiger partial charge in [0.2, 0.25) is 0 Å². The molecule has 1 saturated heterocycles. The molecule has 3 aromatic rings. The van der Waals surface area contributed by atoms with Gasteiger partial charge in [0.15, 0.2) is 0 Å². The Labute approximate surface area is 198 Å². The van der Waals surface area contributed by atoms with Crippen LogP contribution in [0.25, 0.3) is 11.1 Å². The van der Waals surface area contributed by atoms with Crippen LogP contribution in [-0.2, 0) is 19.3 Å². The minimum Gasteiger partial charge on any atom is -0.335 e. The second-order valence-corrected chi connectivity index (χ2v) is 9.83. The number of alkyl halides is 3. The van der Waals surface area contributed by atoms with Crippen molar-refractivity contribution in [1.29, 1.82) is 0 Å². The second kappa shape index (κ2) is 9.16. The van der Waals surface area contributed by atoms with E-state index in [1.54, 1.807) is 19.1 Å². The molecule has 2 aromatic carbocycles. The van der Waals surface area contributed by atoms with Crippen molar-refractivity contribution in [2.24, 2.45) is 0 Å². The van der Waals surface area contributed by atoms with E-state index in [0.29, 0.717) is 22.8 Å². The topological polar surface area (TPSA) is 20.2 Å². The molecule has 33 heavy (non-hydrogen) atoms. The normalized spacial score (nSPS) is 16.8. The number of rotatable bonds is 5. The maximum atomic E-state index is 14.4. The highest BCUT2D eigenvalue weighted by molar-refractivity contribution is 6.30. The molecule has 1 aliphatic rings. The highest BCUT2D eigenvalue weighted by Gasteiger charge is 2.40. The average molecular weight is 476 g/mol. The molecule has 0 atom stereocenters. The lowest BCUT2D eigenvalue weighted by Crippen LogP contribution is -2.56. The van der Waals surface area contributed by atoms with Gasteiger partial charge in [-0.3, -0.25) is 4.90 Å². The summed E-state index contributed by atoms with van der Waals surface area (Å²) in [5.74, 6) is 0. The van der Waals surface area contributed by atoms with E-state index in [1.807, 2.05) is 42.5 Å². The minimum atomic E-state index is -4.47. The zero-order chi connectivity index (χ0) is 23.8. The van der Waals surface area contributed by atoms with Gasteiger partial charge in [0.25, 0.3) is 0 Å². The summed E-state index contributed by atoms with van der Waals surface area (Å²) < 4.78 is 44.7. The molecule has 0 bridgehead atoms. The Morgan fingerprint density at radius 3 is 2.27 bits per heavy atom. The van der Waals surface area contributed by atoms with Gasteiger partial charge >= 0.3 is 6.18 Å². The number of nitrogens with zero attached hydrogens (tertiary/aromatic N) is 2. The van der Waals surface area contributed by atoms with Crippen molar-refractivity contribution in [3.05, 3.63) is 82.1 Å². The molecule has 1 aromatic heterocycles. The van der Waals surface area contributed by atoms with Gasteiger partial charge in [0, 0.05) is 54.5 Å². The standard InChI is InChI=1S/C26H29ClF3N3/c1-18-23(20-9-11-21(27)12-10-20)22(16-32-14-13-31-25(2,3)17-32)33(24(18)26(28,29)30)15-19-7-5-4-6-8-19/h4-12,31H,13-17H2,1-3H3. The molecule has 2 heterocycles. The summed E-state index contributed by atoms with van der Waals surface area (Å²) >= 11 is 6.08. The molecule has 0 aliphatic carbocycles. The van der Waals surface area contributed by atoms with Crippen molar-refractivity contribution in [2.45, 2.75) is 45.6 Å². The molecular formula is C26H29ClF3N3. The van der Waals surface area contributed by atoms with E-state index < -0.39 is 11.9 Å². The van der Waals surface area contributed by atoms with Crippen LogP contribution in [-0.4, -0.2) is 34.6 Å². The number of nitrogens with one attached hydrogen (secondary N) is 1. The molecule has 3 nitrogen and oxygen atoms in total. The molecule has 4 rings (SSSR count). The summed E-state index contributed by atoms with van der Waals surface area (Å²) in [6.45, 7) is 8.75. The van der Waals surface area contributed by atoms with E-state index in [0.717, 1.165) is 30.8 Å². The zero-order valence-electron chi connectivity index (χ0n) is 19.1. The Kier molecular flexibility index (Phi) is 6.63.